The molecule has 4 heteroatoms. The largest absolute Gasteiger partial charge is 0.494 e. The highest BCUT2D eigenvalue weighted by Crippen LogP contribution is 2.28. The van der Waals surface area contributed by atoms with Gasteiger partial charge in [0.05, 0.1) is 12.8 Å². The molecule has 1 rings (SSSR count). The molecule has 0 fully saturated rings. The van der Waals surface area contributed by atoms with Crippen LogP contribution in [0.2, 0.25) is 0 Å². The van der Waals surface area contributed by atoms with Crippen molar-refractivity contribution in [3.05, 3.63) is 18.2 Å². The Balaban J connectivity index is 2.84. The molecule has 0 heterocycles. The van der Waals surface area contributed by atoms with Crippen molar-refractivity contribution in [3.63, 3.8) is 0 Å². The first kappa shape index (κ1) is 15.3. The van der Waals surface area contributed by atoms with Crippen molar-refractivity contribution in [1.29, 1.82) is 0 Å². The smallest absolute Gasteiger partial charge is 0.221 e. The van der Waals surface area contributed by atoms with Gasteiger partial charge in [0, 0.05) is 24.7 Å². The van der Waals surface area contributed by atoms with Gasteiger partial charge in [-0.05, 0) is 25.0 Å². The van der Waals surface area contributed by atoms with E-state index in [0.29, 0.717) is 23.4 Å². The molecule has 106 valence electrons. The first-order valence-corrected chi connectivity index (χ1v) is 6.70. The summed E-state index contributed by atoms with van der Waals surface area (Å²) >= 11 is 0. The van der Waals surface area contributed by atoms with Crippen LogP contribution in [0.5, 0.6) is 5.75 Å². The maximum atomic E-state index is 11.1. The number of ether oxygens (including phenoxy) is 1. The van der Waals surface area contributed by atoms with E-state index in [1.807, 2.05) is 18.2 Å². The Morgan fingerprint density at radius 2 is 2.05 bits per heavy atom. The van der Waals surface area contributed by atoms with Crippen LogP contribution in [0.1, 0.15) is 34.1 Å². The first-order valence-electron chi connectivity index (χ1n) is 6.70. The van der Waals surface area contributed by atoms with Crippen molar-refractivity contribution in [3.8, 4) is 5.75 Å². The van der Waals surface area contributed by atoms with Crippen molar-refractivity contribution in [2.24, 2.45) is 5.92 Å². The molecular weight excluding hydrogens is 240 g/mol. The predicted octanol–water partition coefficient (Wildman–Crippen LogP) is 3.50. The molecule has 1 aromatic rings. The summed E-state index contributed by atoms with van der Waals surface area (Å²) in [6, 6.07) is 6.10. The Kier molecular flexibility index (Phi) is 5.67. The molecule has 0 bridgehead atoms. The summed E-state index contributed by atoms with van der Waals surface area (Å²) < 4.78 is 5.30. The Labute approximate surface area is 115 Å². The average molecular weight is 264 g/mol. The minimum atomic E-state index is -0.105. The minimum absolute atomic E-state index is 0.105. The van der Waals surface area contributed by atoms with Crippen molar-refractivity contribution in [2.75, 3.05) is 17.7 Å². The number of carbonyl (C=O) groups excluding carboxylic acids is 1. The third kappa shape index (κ3) is 4.47. The third-order valence-corrected chi connectivity index (χ3v) is 3.40. The van der Waals surface area contributed by atoms with Gasteiger partial charge in [0.25, 0.3) is 0 Å². The molecule has 2 N–H and O–H groups in total. The highest BCUT2D eigenvalue weighted by Gasteiger charge is 2.11. The van der Waals surface area contributed by atoms with Crippen LogP contribution in [-0.2, 0) is 4.79 Å². The average Bonchev–Trinajstić information content (AvgIpc) is 2.38. The second-order valence-electron chi connectivity index (χ2n) is 4.91. The number of methoxy groups -OCH3 is 1. The number of nitrogens with one attached hydrogen (secondary N) is 2. The van der Waals surface area contributed by atoms with Crippen molar-refractivity contribution >= 4 is 17.3 Å². The van der Waals surface area contributed by atoms with Gasteiger partial charge in [0.2, 0.25) is 5.91 Å². The molecule has 0 aliphatic heterocycles. The van der Waals surface area contributed by atoms with Crippen molar-refractivity contribution in [2.45, 2.75) is 40.2 Å². The highest BCUT2D eigenvalue weighted by atomic mass is 16.5. The maximum absolute atomic E-state index is 11.1. The zero-order chi connectivity index (χ0) is 14.4. The quantitative estimate of drug-likeness (QED) is 0.826. The third-order valence-electron chi connectivity index (χ3n) is 3.40. The lowest BCUT2D eigenvalue weighted by Crippen LogP contribution is -2.23. The van der Waals surface area contributed by atoms with Gasteiger partial charge in [-0.3, -0.25) is 4.79 Å². The van der Waals surface area contributed by atoms with Crippen molar-refractivity contribution in [1.82, 2.24) is 0 Å². The molecule has 4 nitrogen and oxygen atoms in total. The summed E-state index contributed by atoms with van der Waals surface area (Å²) in [6.45, 7) is 8.06. The van der Waals surface area contributed by atoms with Crippen LogP contribution in [0, 0.1) is 5.92 Å². The van der Waals surface area contributed by atoms with Crippen LogP contribution in [-0.4, -0.2) is 19.1 Å². The predicted molar refractivity (Wildman–Crippen MR) is 79.8 cm³/mol. The van der Waals surface area contributed by atoms with Crippen LogP contribution in [0.3, 0.4) is 0 Å². The van der Waals surface area contributed by atoms with E-state index in [9.17, 15) is 4.79 Å². The molecule has 0 saturated carbocycles. The molecule has 0 spiro atoms. The SMILES string of the molecule is CCC(C)C(C)Nc1ccc(NC(C)=O)c(OC)c1. The standard InChI is InChI=1S/C15H24N2O2/c1-6-10(2)11(3)16-13-7-8-14(17-12(4)18)15(9-13)19-5/h7-11,16H,6H2,1-5H3,(H,17,18). The molecule has 1 amide bonds. The van der Waals surface area contributed by atoms with E-state index in [2.05, 4.69) is 31.4 Å². The second-order valence-corrected chi connectivity index (χ2v) is 4.91. The van der Waals surface area contributed by atoms with E-state index >= 15 is 0 Å². The molecule has 0 aromatic heterocycles. The molecule has 2 unspecified atom stereocenters. The normalized spacial score (nSPS) is 13.5. The zero-order valence-corrected chi connectivity index (χ0v) is 12.4. The lowest BCUT2D eigenvalue weighted by molar-refractivity contribution is -0.114. The molecule has 0 aliphatic rings. The number of anilines is 2. The Morgan fingerprint density at radius 1 is 1.37 bits per heavy atom. The van der Waals surface area contributed by atoms with Gasteiger partial charge >= 0.3 is 0 Å². The Morgan fingerprint density at radius 3 is 2.58 bits per heavy atom. The monoisotopic (exact) mass is 264 g/mol. The summed E-state index contributed by atoms with van der Waals surface area (Å²) in [5.74, 6) is 1.16. The summed E-state index contributed by atoms with van der Waals surface area (Å²) in [7, 11) is 1.60. The summed E-state index contributed by atoms with van der Waals surface area (Å²) in [5.41, 5.74) is 1.69. The lowest BCUT2D eigenvalue weighted by Gasteiger charge is -2.22. The molecule has 2 atom stereocenters. The fourth-order valence-electron chi connectivity index (χ4n) is 1.83. The molecule has 0 radical (unpaired) electrons. The van der Waals surface area contributed by atoms with Gasteiger partial charge in [-0.2, -0.15) is 0 Å². The highest BCUT2D eigenvalue weighted by molar-refractivity contribution is 5.90. The molecule has 0 saturated heterocycles. The number of hydrogen-bond acceptors (Lipinski definition) is 3. The van der Waals surface area contributed by atoms with Gasteiger partial charge in [-0.25, -0.2) is 0 Å². The van der Waals surface area contributed by atoms with Crippen LogP contribution in [0.25, 0.3) is 0 Å². The van der Waals surface area contributed by atoms with Crippen molar-refractivity contribution < 1.29 is 9.53 Å². The summed E-state index contributed by atoms with van der Waals surface area (Å²) in [6.07, 6.45) is 1.13. The summed E-state index contributed by atoms with van der Waals surface area (Å²) in [4.78, 5) is 11.1. The molecule has 19 heavy (non-hydrogen) atoms. The lowest BCUT2D eigenvalue weighted by atomic mass is 10.0. The van der Waals surface area contributed by atoms with Crippen LogP contribution >= 0.6 is 0 Å². The second kappa shape index (κ2) is 7.02. The van der Waals surface area contributed by atoms with Gasteiger partial charge in [0.15, 0.2) is 0 Å². The molecular formula is C15H24N2O2. The van der Waals surface area contributed by atoms with Gasteiger partial charge in [-0.15, -0.1) is 0 Å². The fraction of sp³-hybridized carbons (Fsp3) is 0.533. The number of hydrogen-bond donors (Lipinski definition) is 2. The maximum Gasteiger partial charge on any atom is 0.221 e. The molecule has 1 aromatic carbocycles. The molecule has 0 aliphatic carbocycles. The van der Waals surface area contributed by atoms with E-state index in [1.54, 1.807) is 7.11 Å². The van der Waals surface area contributed by atoms with E-state index in [4.69, 9.17) is 4.74 Å². The van der Waals surface area contributed by atoms with Gasteiger partial charge in [-0.1, -0.05) is 20.3 Å². The Hall–Kier alpha value is -1.71. The van der Waals surface area contributed by atoms with Crippen LogP contribution < -0.4 is 15.4 Å². The first-order chi connectivity index (χ1) is 8.97. The van der Waals surface area contributed by atoms with Crippen LogP contribution in [0.15, 0.2) is 18.2 Å². The van der Waals surface area contributed by atoms with E-state index in [0.717, 1.165) is 12.1 Å². The topological polar surface area (TPSA) is 50.4 Å². The minimum Gasteiger partial charge on any atom is -0.494 e. The number of amides is 1. The van der Waals surface area contributed by atoms with E-state index < -0.39 is 0 Å². The Bertz CT molecular complexity index is 432. The summed E-state index contributed by atoms with van der Waals surface area (Å²) in [5, 5.41) is 6.20. The number of benzene rings is 1. The zero-order valence-electron chi connectivity index (χ0n) is 12.4. The van der Waals surface area contributed by atoms with Gasteiger partial charge < -0.3 is 15.4 Å². The van der Waals surface area contributed by atoms with E-state index in [-0.39, 0.29) is 5.91 Å². The van der Waals surface area contributed by atoms with E-state index in [1.165, 1.54) is 6.92 Å². The van der Waals surface area contributed by atoms with Gasteiger partial charge in [0.1, 0.15) is 5.75 Å². The van der Waals surface area contributed by atoms with Crippen LogP contribution in [0.4, 0.5) is 11.4 Å². The number of carbonyl (C=O) groups is 1. The number of rotatable bonds is 6. The fourth-order valence-corrected chi connectivity index (χ4v) is 1.83.